The number of carbonyl (C=O) groups is 1. The van der Waals surface area contributed by atoms with Crippen LogP contribution in [-0.2, 0) is 4.79 Å². The van der Waals surface area contributed by atoms with Gasteiger partial charge in [0.05, 0.1) is 0 Å². The van der Waals surface area contributed by atoms with Crippen LogP contribution < -0.4 is 5.32 Å². The van der Waals surface area contributed by atoms with E-state index in [1.54, 1.807) is 6.07 Å². The standard InChI is InChI=1S/C18H27NO2/c1-11(2)15-8-5-12(3)9-16(15)18(21)19-14-7-6-13(4)17(20)10-14/h6-7,10-12,15-16,20H,5,8-9H2,1-4H3,(H,19,21). The molecular formula is C18H27NO2. The molecule has 1 fully saturated rings. The van der Waals surface area contributed by atoms with E-state index in [9.17, 15) is 9.90 Å². The number of carbonyl (C=O) groups excluding carboxylic acids is 1. The molecule has 2 rings (SSSR count). The lowest BCUT2D eigenvalue weighted by Gasteiger charge is -2.36. The van der Waals surface area contributed by atoms with E-state index in [4.69, 9.17) is 0 Å². The number of anilines is 1. The Hall–Kier alpha value is -1.51. The number of benzene rings is 1. The number of phenolic OH excluding ortho intramolecular Hbond substituents is 1. The molecule has 1 amide bonds. The monoisotopic (exact) mass is 289 g/mol. The van der Waals surface area contributed by atoms with E-state index in [0.717, 1.165) is 18.4 Å². The summed E-state index contributed by atoms with van der Waals surface area (Å²) < 4.78 is 0. The highest BCUT2D eigenvalue weighted by Crippen LogP contribution is 2.38. The van der Waals surface area contributed by atoms with Gasteiger partial charge in [0.25, 0.3) is 0 Å². The summed E-state index contributed by atoms with van der Waals surface area (Å²) in [5.41, 5.74) is 1.50. The van der Waals surface area contributed by atoms with E-state index in [0.29, 0.717) is 23.4 Å². The molecule has 0 saturated heterocycles. The van der Waals surface area contributed by atoms with Gasteiger partial charge in [0.2, 0.25) is 5.91 Å². The smallest absolute Gasteiger partial charge is 0.227 e. The van der Waals surface area contributed by atoms with Crippen LogP contribution in [0, 0.1) is 30.6 Å². The first-order valence-corrected chi connectivity index (χ1v) is 7.99. The lowest BCUT2D eigenvalue weighted by Crippen LogP contribution is -2.36. The van der Waals surface area contributed by atoms with Crippen LogP contribution in [0.2, 0.25) is 0 Å². The minimum atomic E-state index is 0.0807. The molecule has 116 valence electrons. The molecule has 1 aliphatic rings. The summed E-state index contributed by atoms with van der Waals surface area (Å²) in [6.07, 6.45) is 3.32. The SMILES string of the molecule is Cc1ccc(NC(=O)C2CC(C)CCC2C(C)C)cc1O. The highest BCUT2D eigenvalue weighted by atomic mass is 16.3. The molecule has 0 bridgehead atoms. The fourth-order valence-electron chi connectivity index (χ4n) is 3.43. The van der Waals surface area contributed by atoms with Crippen LogP contribution >= 0.6 is 0 Å². The molecule has 1 saturated carbocycles. The van der Waals surface area contributed by atoms with Crippen molar-refractivity contribution in [1.82, 2.24) is 0 Å². The van der Waals surface area contributed by atoms with Crippen molar-refractivity contribution in [3.63, 3.8) is 0 Å². The van der Waals surface area contributed by atoms with Gasteiger partial charge in [-0.05, 0) is 49.1 Å². The molecule has 1 aromatic rings. The van der Waals surface area contributed by atoms with Crippen LogP contribution in [0.5, 0.6) is 5.75 Å². The Kier molecular flexibility index (Phi) is 4.92. The second kappa shape index (κ2) is 6.50. The Balaban J connectivity index is 2.11. The molecule has 1 aromatic carbocycles. The summed E-state index contributed by atoms with van der Waals surface area (Å²) in [5.74, 6) is 2.01. The average molecular weight is 289 g/mol. The Morgan fingerprint density at radius 1 is 1.33 bits per heavy atom. The Bertz CT molecular complexity index is 510. The van der Waals surface area contributed by atoms with Crippen molar-refractivity contribution >= 4 is 11.6 Å². The fraction of sp³-hybridized carbons (Fsp3) is 0.611. The molecule has 2 N–H and O–H groups in total. The van der Waals surface area contributed by atoms with Crippen molar-refractivity contribution in [3.05, 3.63) is 23.8 Å². The molecule has 3 heteroatoms. The topological polar surface area (TPSA) is 49.3 Å². The van der Waals surface area contributed by atoms with Crippen LogP contribution in [0.1, 0.15) is 45.6 Å². The predicted molar refractivity (Wildman–Crippen MR) is 86.3 cm³/mol. The van der Waals surface area contributed by atoms with Gasteiger partial charge in [0.15, 0.2) is 0 Å². The Morgan fingerprint density at radius 2 is 2.05 bits per heavy atom. The maximum atomic E-state index is 12.6. The molecule has 3 atom stereocenters. The van der Waals surface area contributed by atoms with Crippen molar-refractivity contribution in [1.29, 1.82) is 0 Å². The minimum absolute atomic E-state index is 0.0807. The normalized spacial score (nSPS) is 25.9. The summed E-state index contributed by atoms with van der Waals surface area (Å²) >= 11 is 0. The van der Waals surface area contributed by atoms with Gasteiger partial charge in [-0.1, -0.05) is 33.3 Å². The van der Waals surface area contributed by atoms with E-state index in [2.05, 4.69) is 26.1 Å². The van der Waals surface area contributed by atoms with Crippen LogP contribution in [0.4, 0.5) is 5.69 Å². The first-order chi connectivity index (χ1) is 9.88. The van der Waals surface area contributed by atoms with Crippen LogP contribution in [0.25, 0.3) is 0 Å². The molecule has 3 nitrogen and oxygen atoms in total. The maximum Gasteiger partial charge on any atom is 0.227 e. The Labute approximate surface area is 127 Å². The number of rotatable bonds is 3. The van der Waals surface area contributed by atoms with Gasteiger partial charge >= 0.3 is 0 Å². The van der Waals surface area contributed by atoms with Gasteiger partial charge in [0.1, 0.15) is 5.75 Å². The van der Waals surface area contributed by atoms with Gasteiger partial charge in [0, 0.05) is 17.7 Å². The number of hydrogen-bond acceptors (Lipinski definition) is 2. The van der Waals surface area contributed by atoms with Crippen molar-refractivity contribution in [2.45, 2.75) is 47.0 Å². The summed E-state index contributed by atoms with van der Waals surface area (Å²) in [6.45, 7) is 8.49. The first-order valence-electron chi connectivity index (χ1n) is 7.99. The van der Waals surface area contributed by atoms with E-state index in [-0.39, 0.29) is 17.6 Å². The predicted octanol–water partition coefficient (Wildman–Crippen LogP) is 4.35. The zero-order valence-corrected chi connectivity index (χ0v) is 13.5. The summed E-state index contributed by atoms with van der Waals surface area (Å²) in [5, 5.41) is 12.7. The van der Waals surface area contributed by atoms with Gasteiger partial charge in [-0.25, -0.2) is 0 Å². The molecule has 1 aliphatic carbocycles. The van der Waals surface area contributed by atoms with Crippen molar-refractivity contribution in [2.24, 2.45) is 23.7 Å². The second-order valence-corrected chi connectivity index (χ2v) is 6.92. The maximum absolute atomic E-state index is 12.6. The minimum Gasteiger partial charge on any atom is -0.508 e. The summed E-state index contributed by atoms with van der Waals surface area (Å²) in [6, 6.07) is 5.31. The highest BCUT2D eigenvalue weighted by molar-refractivity contribution is 5.93. The van der Waals surface area contributed by atoms with Crippen molar-refractivity contribution < 1.29 is 9.90 Å². The van der Waals surface area contributed by atoms with Crippen LogP contribution in [0.15, 0.2) is 18.2 Å². The quantitative estimate of drug-likeness (QED) is 0.869. The molecule has 0 aromatic heterocycles. The third-order valence-corrected chi connectivity index (χ3v) is 4.84. The number of nitrogens with one attached hydrogen (secondary N) is 1. The zero-order valence-electron chi connectivity index (χ0n) is 13.5. The van der Waals surface area contributed by atoms with E-state index in [1.165, 1.54) is 6.42 Å². The second-order valence-electron chi connectivity index (χ2n) is 6.92. The highest BCUT2D eigenvalue weighted by Gasteiger charge is 2.35. The van der Waals surface area contributed by atoms with Crippen molar-refractivity contribution in [3.8, 4) is 5.75 Å². The molecule has 3 unspecified atom stereocenters. The van der Waals surface area contributed by atoms with E-state index < -0.39 is 0 Å². The van der Waals surface area contributed by atoms with Gasteiger partial charge in [-0.3, -0.25) is 4.79 Å². The first kappa shape index (κ1) is 15.9. The average Bonchev–Trinajstić information content (AvgIpc) is 2.42. The van der Waals surface area contributed by atoms with Crippen LogP contribution in [0.3, 0.4) is 0 Å². The Morgan fingerprint density at radius 3 is 2.67 bits per heavy atom. The van der Waals surface area contributed by atoms with E-state index >= 15 is 0 Å². The third-order valence-electron chi connectivity index (χ3n) is 4.84. The molecule has 21 heavy (non-hydrogen) atoms. The number of aryl methyl sites for hydroxylation is 1. The molecule has 0 radical (unpaired) electrons. The lowest BCUT2D eigenvalue weighted by atomic mass is 9.70. The number of phenols is 1. The summed E-state index contributed by atoms with van der Waals surface area (Å²) in [4.78, 5) is 12.6. The number of amides is 1. The lowest BCUT2D eigenvalue weighted by molar-refractivity contribution is -0.123. The van der Waals surface area contributed by atoms with Gasteiger partial charge in [-0.2, -0.15) is 0 Å². The molecule has 0 aliphatic heterocycles. The largest absolute Gasteiger partial charge is 0.508 e. The third kappa shape index (κ3) is 3.78. The van der Waals surface area contributed by atoms with Gasteiger partial charge < -0.3 is 10.4 Å². The molecule has 0 spiro atoms. The summed E-state index contributed by atoms with van der Waals surface area (Å²) in [7, 11) is 0. The van der Waals surface area contributed by atoms with Crippen LogP contribution in [-0.4, -0.2) is 11.0 Å². The number of hydrogen-bond donors (Lipinski definition) is 2. The zero-order chi connectivity index (χ0) is 15.6. The number of aromatic hydroxyl groups is 1. The van der Waals surface area contributed by atoms with E-state index in [1.807, 2.05) is 19.1 Å². The fourth-order valence-corrected chi connectivity index (χ4v) is 3.43. The van der Waals surface area contributed by atoms with Gasteiger partial charge in [-0.15, -0.1) is 0 Å². The molecule has 0 heterocycles. The molecular weight excluding hydrogens is 262 g/mol. The van der Waals surface area contributed by atoms with Crippen molar-refractivity contribution in [2.75, 3.05) is 5.32 Å².